The van der Waals surface area contributed by atoms with E-state index in [1.807, 2.05) is 27.7 Å². The van der Waals surface area contributed by atoms with Crippen molar-refractivity contribution in [2.24, 2.45) is 0 Å². The van der Waals surface area contributed by atoms with Crippen LogP contribution in [0.15, 0.2) is 17.7 Å². The van der Waals surface area contributed by atoms with Gasteiger partial charge >= 0.3 is 19.3 Å². The van der Waals surface area contributed by atoms with Crippen LogP contribution in [0, 0.1) is 6.92 Å². The molecule has 1 aromatic carbocycles. The fourth-order valence-corrected chi connectivity index (χ4v) is 3.26. The van der Waals surface area contributed by atoms with E-state index >= 15 is 0 Å². The van der Waals surface area contributed by atoms with E-state index in [1.54, 1.807) is 19.1 Å². The smallest absolute Gasteiger partial charge is 0.475 e. The van der Waals surface area contributed by atoms with Crippen molar-refractivity contribution in [3.63, 3.8) is 0 Å². The number of hydrogen-bond donors (Lipinski definition) is 0. The molecule has 9 heteroatoms. The van der Waals surface area contributed by atoms with Gasteiger partial charge in [-0.1, -0.05) is 12.1 Å². The number of esters is 1. The lowest BCUT2D eigenvalue weighted by Crippen LogP contribution is -2.41. The third-order valence-corrected chi connectivity index (χ3v) is 5.49. The molecule has 0 radical (unpaired) electrons. The predicted octanol–water partition coefficient (Wildman–Crippen LogP) is 3.56. The second-order valence-electron chi connectivity index (χ2n) is 8.20. The predicted molar refractivity (Wildman–Crippen MR) is 102 cm³/mol. The van der Waals surface area contributed by atoms with Crippen LogP contribution >= 0.6 is 0 Å². The van der Waals surface area contributed by atoms with Crippen LogP contribution in [0.5, 0.6) is 5.75 Å². The first-order valence-corrected chi connectivity index (χ1v) is 9.39. The first kappa shape index (κ1) is 21.7. The summed E-state index contributed by atoms with van der Waals surface area (Å²) in [6.07, 6.45) is -5.96. The zero-order valence-corrected chi connectivity index (χ0v) is 17.3. The molecule has 1 fully saturated rings. The summed E-state index contributed by atoms with van der Waals surface area (Å²) < 4.78 is 62.6. The van der Waals surface area contributed by atoms with Crippen molar-refractivity contribution >= 4 is 24.6 Å². The molecular formula is C20H24BF3O5. The van der Waals surface area contributed by atoms with Crippen molar-refractivity contribution in [2.75, 3.05) is 6.61 Å². The molecule has 2 heterocycles. The number of halogens is 3. The molecule has 0 N–H and O–H groups in total. The van der Waals surface area contributed by atoms with Gasteiger partial charge in [0.05, 0.1) is 23.4 Å². The molecule has 0 saturated carbocycles. The van der Waals surface area contributed by atoms with Crippen LogP contribution in [-0.4, -0.2) is 43.2 Å². The van der Waals surface area contributed by atoms with Gasteiger partial charge in [-0.15, -0.1) is 0 Å². The van der Waals surface area contributed by atoms with Gasteiger partial charge < -0.3 is 18.8 Å². The molecule has 5 nitrogen and oxygen atoms in total. The Hall–Kier alpha value is -2.00. The maximum absolute atomic E-state index is 13.5. The quantitative estimate of drug-likeness (QED) is 0.562. The van der Waals surface area contributed by atoms with Gasteiger partial charge in [0.1, 0.15) is 5.75 Å². The van der Waals surface area contributed by atoms with Gasteiger partial charge in [-0.25, -0.2) is 4.79 Å². The number of carbonyl (C=O) groups excluding carboxylic acids is 1. The lowest BCUT2D eigenvalue weighted by atomic mass is 9.77. The van der Waals surface area contributed by atoms with E-state index in [0.29, 0.717) is 16.6 Å². The Labute approximate surface area is 168 Å². The standard InChI is InChI=1S/C20H24BF3O5/c1-7-26-17(25)14-10-12-9-13(21-28-18(3,4)19(5,6)29-21)8-11(2)15(12)27-16(14)20(22,23)24/h8-10,16H,7H2,1-6H3. The van der Waals surface area contributed by atoms with Crippen LogP contribution in [0.3, 0.4) is 0 Å². The lowest BCUT2D eigenvalue weighted by Gasteiger charge is -2.32. The number of ether oxygens (including phenoxy) is 2. The first-order valence-electron chi connectivity index (χ1n) is 9.39. The Morgan fingerprint density at radius 1 is 1.17 bits per heavy atom. The highest BCUT2D eigenvalue weighted by atomic mass is 19.4. The van der Waals surface area contributed by atoms with E-state index < -0.39 is 42.1 Å². The van der Waals surface area contributed by atoms with Crippen molar-refractivity contribution in [2.45, 2.75) is 65.0 Å². The summed E-state index contributed by atoms with van der Waals surface area (Å²) in [5.41, 5.74) is -0.249. The monoisotopic (exact) mass is 412 g/mol. The summed E-state index contributed by atoms with van der Waals surface area (Å²) in [5, 5.41) is 0. The number of benzene rings is 1. The average molecular weight is 412 g/mol. The molecule has 158 valence electrons. The van der Waals surface area contributed by atoms with Gasteiger partial charge in [0.2, 0.25) is 6.10 Å². The second kappa shape index (κ2) is 7.06. The van der Waals surface area contributed by atoms with Crippen LogP contribution in [0.4, 0.5) is 13.2 Å². The fourth-order valence-electron chi connectivity index (χ4n) is 3.26. The molecule has 0 spiro atoms. The Bertz CT molecular complexity index is 844. The van der Waals surface area contributed by atoms with Crippen molar-refractivity contribution in [3.8, 4) is 5.75 Å². The summed E-state index contributed by atoms with van der Waals surface area (Å²) in [5.74, 6) is -0.986. The molecule has 2 aliphatic heterocycles. The second-order valence-corrected chi connectivity index (χ2v) is 8.20. The number of aryl methyl sites for hydroxylation is 1. The van der Waals surface area contributed by atoms with Gasteiger partial charge in [0.15, 0.2) is 0 Å². The Kier molecular flexibility index (Phi) is 5.28. The van der Waals surface area contributed by atoms with Crippen molar-refractivity contribution in [1.82, 2.24) is 0 Å². The van der Waals surface area contributed by atoms with Crippen LogP contribution in [-0.2, 0) is 18.8 Å². The number of alkyl halides is 3. The average Bonchev–Trinajstić information content (AvgIpc) is 2.81. The Morgan fingerprint density at radius 2 is 1.76 bits per heavy atom. The molecule has 0 amide bonds. The summed E-state index contributed by atoms with van der Waals surface area (Å²) in [6.45, 7) is 10.8. The van der Waals surface area contributed by atoms with Crippen LogP contribution in [0.2, 0.25) is 0 Å². The molecule has 0 aliphatic carbocycles. The molecule has 1 saturated heterocycles. The minimum Gasteiger partial charge on any atom is -0.475 e. The third-order valence-electron chi connectivity index (χ3n) is 5.49. The molecule has 0 aromatic heterocycles. The molecule has 2 aliphatic rings. The summed E-state index contributed by atoms with van der Waals surface area (Å²) in [7, 11) is -0.691. The van der Waals surface area contributed by atoms with Gasteiger partial charge in [0, 0.05) is 5.56 Å². The van der Waals surface area contributed by atoms with E-state index in [0.717, 1.165) is 0 Å². The minimum absolute atomic E-state index is 0.0411. The molecule has 29 heavy (non-hydrogen) atoms. The van der Waals surface area contributed by atoms with Gasteiger partial charge in [-0.3, -0.25) is 0 Å². The fraction of sp³-hybridized carbons (Fsp3) is 0.550. The topological polar surface area (TPSA) is 54.0 Å². The minimum atomic E-state index is -4.76. The number of fused-ring (bicyclic) bond motifs is 1. The SMILES string of the molecule is CCOC(=O)C1=Cc2cc(B3OC(C)(C)C(C)(C)O3)cc(C)c2OC1C(F)(F)F. The van der Waals surface area contributed by atoms with E-state index in [9.17, 15) is 18.0 Å². The van der Waals surface area contributed by atoms with E-state index in [-0.39, 0.29) is 12.4 Å². The maximum atomic E-state index is 13.5. The van der Waals surface area contributed by atoms with Gasteiger partial charge in [-0.05, 0) is 58.6 Å². The Balaban J connectivity index is 2.05. The molecule has 1 aromatic rings. The van der Waals surface area contributed by atoms with Crippen molar-refractivity contribution in [1.29, 1.82) is 0 Å². The van der Waals surface area contributed by atoms with Gasteiger partial charge in [0.25, 0.3) is 0 Å². The van der Waals surface area contributed by atoms with E-state index in [4.69, 9.17) is 18.8 Å². The van der Waals surface area contributed by atoms with E-state index in [2.05, 4.69) is 0 Å². The molecule has 1 unspecified atom stereocenters. The number of hydrogen-bond acceptors (Lipinski definition) is 5. The van der Waals surface area contributed by atoms with Crippen LogP contribution < -0.4 is 10.2 Å². The highest BCUT2D eigenvalue weighted by molar-refractivity contribution is 6.62. The third kappa shape index (κ3) is 3.90. The largest absolute Gasteiger partial charge is 0.494 e. The zero-order valence-electron chi connectivity index (χ0n) is 17.3. The molecule has 3 rings (SSSR count). The Morgan fingerprint density at radius 3 is 2.28 bits per heavy atom. The molecule has 0 bridgehead atoms. The van der Waals surface area contributed by atoms with Crippen LogP contribution in [0.25, 0.3) is 6.08 Å². The van der Waals surface area contributed by atoms with Crippen molar-refractivity contribution in [3.05, 3.63) is 28.8 Å². The first-order chi connectivity index (χ1) is 13.3. The molecule has 1 atom stereocenters. The lowest BCUT2D eigenvalue weighted by molar-refractivity contribution is -0.188. The highest BCUT2D eigenvalue weighted by Crippen LogP contribution is 2.40. The summed E-state index contributed by atoms with van der Waals surface area (Å²) >= 11 is 0. The normalized spacial score (nSPS) is 22.6. The summed E-state index contributed by atoms with van der Waals surface area (Å²) in [4.78, 5) is 12.1. The highest BCUT2D eigenvalue weighted by Gasteiger charge is 2.52. The van der Waals surface area contributed by atoms with Gasteiger partial charge in [-0.2, -0.15) is 13.2 Å². The maximum Gasteiger partial charge on any atom is 0.494 e. The van der Waals surface area contributed by atoms with E-state index in [1.165, 1.54) is 13.0 Å². The summed E-state index contributed by atoms with van der Waals surface area (Å²) in [6, 6.07) is 3.30. The number of rotatable bonds is 3. The van der Waals surface area contributed by atoms with Crippen molar-refractivity contribution < 1.29 is 36.7 Å². The number of carbonyl (C=O) groups is 1. The van der Waals surface area contributed by atoms with Crippen LogP contribution in [0.1, 0.15) is 45.7 Å². The zero-order chi connectivity index (χ0) is 21.8. The molecular weight excluding hydrogens is 388 g/mol.